The van der Waals surface area contributed by atoms with Gasteiger partial charge in [0.25, 0.3) is 0 Å². The Hall–Kier alpha value is 0.576. The smallest absolute Gasteiger partial charge is 4.00 e. The molecule has 0 saturated heterocycles. The second-order valence-electron chi connectivity index (χ2n) is 5.22. The molecule has 1 rings (SSSR count). The summed E-state index contributed by atoms with van der Waals surface area (Å²) in [5.74, 6) is 2.72. The van der Waals surface area contributed by atoms with Crippen molar-refractivity contribution in [3.8, 4) is 0 Å². The summed E-state index contributed by atoms with van der Waals surface area (Å²) in [4.78, 5) is 0. The average molecular weight is 501 g/mol. The van der Waals surface area contributed by atoms with Gasteiger partial charge in [0.05, 0.1) is 0 Å². The number of nitrogens with zero attached hydrogens (tertiary/aromatic N) is 3. The number of allylic oxidation sites excluding steroid dienone is 4. The maximum absolute atomic E-state index is 12.5. The summed E-state index contributed by atoms with van der Waals surface area (Å²) in [7, 11) is 5.42. The molecule has 0 aliphatic heterocycles. The molecule has 1 aliphatic carbocycles. The van der Waals surface area contributed by atoms with Gasteiger partial charge in [-0.1, -0.05) is 20.8 Å². The maximum Gasteiger partial charge on any atom is 4.00 e. The van der Waals surface area contributed by atoms with Crippen LogP contribution in [-0.4, -0.2) is 59.1 Å². The predicted octanol–water partition coefficient (Wildman–Crippen LogP) is 6.05. The van der Waals surface area contributed by atoms with Crippen molar-refractivity contribution in [2.45, 2.75) is 43.7 Å². The van der Waals surface area contributed by atoms with Crippen LogP contribution in [0.1, 0.15) is 27.2 Å². The fourth-order valence-corrected chi connectivity index (χ4v) is 3.89. The van der Waals surface area contributed by atoms with E-state index in [4.69, 9.17) is 0 Å². The van der Waals surface area contributed by atoms with E-state index in [1.165, 1.54) is 11.5 Å². The first kappa shape index (κ1) is 33.2. The zero-order chi connectivity index (χ0) is 19.6. The average Bonchev–Trinajstić information content (AvgIpc) is 3.09. The van der Waals surface area contributed by atoms with Crippen molar-refractivity contribution in [1.82, 2.24) is 0 Å². The van der Waals surface area contributed by atoms with Gasteiger partial charge < -0.3 is 16.0 Å². The van der Waals surface area contributed by atoms with Crippen LogP contribution in [0.4, 0.5) is 13.2 Å². The number of hydrogen-bond donors (Lipinski definition) is 0. The van der Waals surface area contributed by atoms with E-state index in [1.807, 2.05) is 20.8 Å². The van der Waals surface area contributed by atoms with Gasteiger partial charge in [-0.25, -0.2) is 0 Å². The molecule has 0 heterocycles. The van der Waals surface area contributed by atoms with E-state index in [0.717, 1.165) is 19.6 Å². The molecule has 0 bridgehead atoms. The molecule has 0 aromatic heterocycles. The van der Waals surface area contributed by atoms with E-state index >= 15 is 0 Å². The van der Waals surface area contributed by atoms with Crippen LogP contribution in [0.25, 0.3) is 16.0 Å². The molecule has 0 spiro atoms. The number of halogens is 3. The Labute approximate surface area is 175 Å². The van der Waals surface area contributed by atoms with Gasteiger partial charge in [-0.2, -0.15) is 40.8 Å². The van der Waals surface area contributed by atoms with Crippen molar-refractivity contribution in [2.24, 2.45) is 0 Å². The van der Waals surface area contributed by atoms with E-state index in [1.54, 1.807) is 33.3 Å². The molecule has 0 amide bonds. The topological polar surface area (TPSA) is 42.3 Å². The molecule has 146 valence electrons. The monoisotopic (exact) mass is 501 g/mol. The first-order chi connectivity index (χ1) is 11.1. The minimum absolute atomic E-state index is 0. The molecule has 3 nitrogen and oxygen atoms in total. The molecule has 0 atom stereocenters. The molecule has 0 aromatic rings. The van der Waals surface area contributed by atoms with E-state index in [2.05, 4.69) is 22.0 Å². The third-order valence-electron chi connectivity index (χ3n) is 3.03. The molecule has 25 heavy (non-hydrogen) atoms. The summed E-state index contributed by atoms with van der Waals surface area (Å²) in [6.45, 7) is 8.88. The van der Waals surface area contributed by atoms with Crippen molar-refractivity contribution in [3.05, 3.63) is 38.6 Å². The van der Waals surface area contributed by atoms with E-state index in [9.17, 15) is 13.2 Å². The SMILES string of the molecule is CC[N-]C.CC[N-]C.CC[N-]C.[CH3][Ge]([CH3])([C]1=[C-]CC=C1)[C](F)(F)F.[Zr+4]. The normalized spacial score (nSPS) is 12.4. The fraction of sp³-hybridized carbons (Fsp3) is 0.765. The van der Waals surface area contributed by atoms with Gasteiger partial charge in [0.2, 0.25) is 0 Å². The summed E-state index contributed by atoms with van der Waals surface area (Å²) in [6, 6.07) is 0. The first-order valence-electron chi connectivity index (χ1n) is 8.11. The number of rotatable bonds is 4. The van der Waals surface area contributed by atoms with Crippen molar-refractivity contribution < 1.29 is 39.4 Å². The fourth-order valence-electron chi connectivity index (χ4n) is 0.987. The van der Waals surface area contributed by atoms with Gasteiger partial charge in [0, 0.05) is 0 Å². The Balaban J connectivity index is -0.000000142. The largest absolute Gasteiger partial charge is 4.00 e. The van der Waals surface area contributed by atoms with E-state index in [0.29, 0.717) is 10.8 Å². The molecule has 0 unspecified atom stereocenters. The van der Waals surface area contributed by atoms with Crippen LogP contribution < -0.4 is 0 Å². The summed E-state index contributed by atoms with van der Waals surface area (Å²) < 4.78 is 37.9. The Morgan fingerprint density at radius 2 is 1.28 bits per heavy atom. The molecule has 0 fully saturated rings. The van der Waals surface area contributed by atoms with E-state index < -0.39 is 18.3 Å². The van der Waals surface area contributed by atoms with Crippen LogP contribution in [0.15, 0.2) is 16.6 Å². The summed E-state index contributed by atoms with van der Waals surface area (Å²) in [6.07, 6.45) is 6.62. The quantitative estimate of drug-likeness (QED) is 0.333. The van der Waals surface area contributed by atoms with Gasteiger partial charge in [-0.05, 0) is 0 Å². The molecule has 0 aromatic carbocycles. The van der Waals surface area contributed by atoms with E-state index in [-0.39, 0.29) is 26.2 Å². The van der Waals surface area contributed by atoms with Crippen LogP contribution in [0, 0.1) is 6.08 Å². The van der Waals surface area contributed by atoms with Crippen LogP contribution in [0.3, 0.4) is 0 Å². The second kappa shape index (κ2) is 20.9. The Morgan fingerprint density at radius 3 is 1.44 bits per heavy atom. The molecular weight excluding hydrogens is 467 g/mol. The molecule has 0 saturated carbocycles. The Kier molecular flexibility index (Phi) is 27.7. The Bertz CT molecular complexity index is 318. The summed E-state index contributed by atoms with van der Waals surface area (Å²) >= 11 is -3.77. The van der Waals surface area contributed by atoms with Gasteiger partial charge in [-0.15, -0.1) is 0 Å². The van der Waals surface area contributed by atoms with Crippen molar-refractivity contribution >= 4 is 13.3 Å². The van der Waals surface area contributed by atoms with Gasteiger partial charge >= 0.3 is 98.2 Å². The molecule has 1 aliphatic rings. The molecule has 0 N–H and O–H groups in total. The van der Waals surface area contributed by atoms with Crippen molar-refractivity contribution in [1.29, 1.82) is 0 Å². The second-order valence-corrected chi connectivity index (χ2v) is 14.4. The molecule has 8 heteroatoms. The van der Waals surface area contributed by atoms with Crippen molar-refractivity contribution in [3.63, 3.8) is 0 Å². The number of hydrogen-bond acceptors (Lipinski definition) is 0. The predicted molar refractivity (Wildman–Crippen MR) is 104 cm³/mol. The summed E-state index contributed by atoms with van der Waals surface area (Å²) in [5.41, 5.74) is 0. The maximum atomic E-state index is 12.5. The Morgan fingerprint density at radius 1 is 0.960 bits per heavy atom. The third-order valence-corrected chi connectivity index (χ3v) is 9.55. The van der Waals surface area contributed by atoms with Gasteiger partial charge in [0.1, 0.15) is 0 Å². The standard InChI is InChI=1S/C8H10F3Ge.3C3H8N.Zr/c1-12(2,8(9,10)11)7-5-3-4-6-7;3*1-3-4-2;/h3,5H,4H2,1-2H3;3*3H2,1-2H3;/q4*-1;+4. The molecular formula is C17H34F3GeN3Zr. The zero-order valence-electron chi connectivity index (χ0n) is 17.0. The van der Waals surface area contributed by atoms with Crippen LogP contribution >= 0.6 is 0 Å². The minimum Gasteiger partial charge on any atom is 4.00 e. The third kappa shape index (κ3) is 19.1. The van der Waals surface area contributed by atoms with Crippen LogP contribution in [-0.2, 0) is 26.2 Å². The minimum atomic E-state index is -4.00. The van der Waals surface area contributed by atoms with Crippen molar-refractivity contribution in [2.75, 3.05) is 40.8 Å². The van der Waals surface area contributed by atoms with Gasteiger partial charge in [0.15, 0.2) is 0 Å². The van der Waals surface area contributed by atoms with Crippen LogP contribution in [0.5, 0.6) is 0 Å². The number of alkyl halides is 3. The zero-order valence-corrected chi connectivity index (χ0v) is 21.5. The summed E-state index contributed by atoms with van der Waals surface area (Å²) in [5, 5.41) is 7.21. The van der Waals surface area contributed by atoms with Crippen LogP contribution in [0.2, 0.25) is 11.5 Å². The first-order valence-corrected chi connectivity index (χ1v) is 14.4. The van der Waals surface area contributed by atoms with Gasteiger partial charge in [-0.3, -0.25) is 0 Å². The molecule has 0 radical (unpaired) electrons.